The molecule has 40 heavy (non-hydrogen) atoms. The number of nitrogens with zero attached hydrogens (tertiary/aromatic N) is 6. The number of anilines is 3. The summed E-state index contributed by atoms with van der Waals surface area (Å²) in [5, 5.41) is 7.12. The van der Waals surface area contributed by atoms with E-state index in [0.29, 0.717) is 58.4 Å². The topological polar surface area (TPSA) is 104 Å². The van der Waals surface area contributed by atoms with Crippen LogP contribution in [0.1, 0.15) is 19.2 Å². The number of hydrogen-bond acceptors (Lipinski definition) is 9. The number of morpholine rings is 1. The molecule has 4 rings (SSSR count). The minimum absolute atomic E-state index is 0.210. The number of hydrogen-bond donors (Lipinski definition) is 1. The normalized spacial score (nSPS) is 18.6. The monoisotopic (exact) mass is 580 g/mol. The first-order valence-electron chi connectivity index (χ1n) is 12.5. The van der Waals surface area contributed by atoms with Crippen LogP contribution in [-0.4, -0.2) is 97.4 Å². The van der Waals surface area contributed by atoms with Gasteiger partial charge in [-0.2, -0.15) is 26.3 Å². The Balaban J connectivity index is 0.000000559. The number of carbonyl (C=O) groups is 1. The Labute approximate surface area is 226 Å². The van der Waals surface area contributed by atoms with Crippen LogP contribution in [0.25, 0.3) is 0 Å². The Morgan fingerprint density at radius 2 is 1.60 bits per heavy atom. The van der Waals surface area contributed by atoms with Crippen LogP contribution < -0.4 is 14.7 Å². The van der Waals surface area contributed by atoms with Crippen molar-refractivity contribution in [1.82, 2.24) is 15.0 Å². The molecule has 0 amide bonds. The zero-order valence-corrected chi connectivity index (χ0v) is 21.7. The highest BCUT2D eigenvalue weighted by Gasteiger charge is 2.38. The van der Waals surface area contributed by atoms with E-state index in [2.05, 4.69) is 19.9 Å². The second kappa shape index (κ2) is 13.8. The van der Waals surface area contributed by atoms with E-state index < -0.39 is 24.1 Å². The molecular weight excluding hydrogens is 550 g/mol. The molecule has 0 aromatic carbocycles. The van der Waals surface area contributed by atoms with Crippen LogP contribution in [0.4, 0.5) is 43.7 Å². The van der Waals surface area contributed by atoms with E-state index in [1.165, 1.54) is 0 Å². The highest BCUT2D eigenvalue weighted by Crippen LogP contribution is 2.31. The summed E-state index contributed by atoms with van der Waals surface area (Å²) < 4.78 is 83.9. The molecule has 2 fully saturated rings. The van der Waals surface area contributed by atoms with E-state index in [9.17, 15) is 26.3 Å². The fourth-order valence-corrected chi connectivity index (χ4v) is 4.11. The lowest BCUT2D eigenvalue weighted by molar-refractivity contribution is -0.192. The van der Waals surface area contributed by atoms with Gasteiger partial charge in [-0.25, -0.2) is 14.8 Å². The van der Waals surface area contributed by atoms with E-state index in [1.54, 1.807) is 18.5 Å². The van der Waals surface area contributed by atoms with Crippen LogP contribution in [0.2, 0.25) is 0 Å². The molecule has 0 radical (unpaired) electrons. The standard InChI is InChI=1S/C22H29F3N6O2.C2HF3O2/c1-2-32-16-18-15-31(12-13-33-18)20-14-19(27-21(28-20)22(23,24)25)30-9-3-8-29(10-11-30)17-4-6-26-7-5-17;3-2(4,5)1(6)7/h4-7,14,18H,2-3,8-13,15-16H2,1H3;(H,6,7). The van der Waals surface area contributed by atoms with Gasteiger partial charge >= 0.3 is 18.3 Å². The van der Waals surface area contributed by atoms with Crippen LogP contribution >= 0.6 is 0 Å². The zero-order valence-electron chi connectivity index (χ0n) is 21.7. The third-order valence-electron chi connectivity index (χ3n) is 6.01. The number of rotatable bonds is 6. The van der Waals surface area contributed by atoms with Crippen LogP contribution in [0.15, 0.2) is 30.6 Å². The summed E-state index contributed by atoms with van der Waals surface area (Å²) in [7, 11) is 0. The molecule has 0 bridgehead atoms. The van der Waals surface area contributed by atoms with Crippen molar-refractivity contribution in [1.29, 1.82) is 0 Å². The Morgan fingerprint density at radius 3 is 2.20 bits per heavy atom. The molecule has 10 nitrogen and oxygen atoms in total. The lowest BCUT2D eigenvalue weighted by Crippen LogP contribution is -2.45. The molecule has 1 unspecified atom stereocenters. The molecule has 16 heteroatoms. The van der Waals surface area contributed by atoms with Gasteiger partial charge in [-0.1, -0.05) is 0 Å². The van der Waals surface area contributed by atoms with Crippen LogP contribution in [0.3, 0.4) is 0 Å². The minimum Gasteiger partial charge on any atom is -0.475 e. The molecular formula is C24H30F6N6O4. The van der Waals surface area contributed by atoms with E-state index in [0.717, 1.165) is 18.7 Å². The number of halogens is 6. The maximum absolute atomic E-state index is 13.7. The molecule has 2 aromatic rings. The van der Waals surface area contributed by atoms with E-state index in [4.69, 9.17) is 19.4 Å². The van der Waals surface area contributed by atoms with Gasteiger partial charge < -0.3 is 29.3 Å². The van der Waals surface area contributed by atoms with Gasteiger partial charge in [-0.3, -0.25) is 4.98 Å². The molecule has 1 atom stereocenters. The minimum atomic E-state index is -5.08. The number of carboxylic acids is 1. The van der Waals surface area contributed by atoms with Gasteiger partial charge in [-0.05, 0) is 25.5 Å². The van der Waals surface area contributed by atoms with E-state index in [1.807, 2.05) is 28.9 Å². The fourth-order valence-electron chi connectivity index (χ4n) is 4.11. The van der Waals surface area contributed by atoms with E-state index in [-0.39, 0.29) is 11.9 Å². The molecule has 1 N–H and O–H groups in total. The largest absolute Gasteiger partial charge is 0.490 e. The van der Waals surface area contributed by atoms with Crippen molar-refractivity contribution in [3.8, 4) is 0 Å². The average molecular weight is 581 g/mol. The quantitative estimate of drug-likeness (QED) is 0.511. The van der Waals surface area contributed by atoms with Gasteiger partial charge in [0.1, 0.15) is 11.6 Å². The van der Waals surface area contributed by atoms with Crippen molar-refractivity contribution in [2.75, 3.05) is 73.8 Å². The molecule has 2 aromatic heterocycles. The molecule has 0 aliphatic carbocycles. The summed E-state index contributed by atoms with van der Waals surface area (Å²) in [5.74, 6) is -3.30. The first kappa shape index (κ1) is 31.1. The second-order valence-corrected chi connectivity index (χ2v) is 8.84. The molecule has 222 valence electrons. The van der Waals surface area contributed by atoms with Gasteiger partial charge in [0.25, 0.3) is 0 Å². The summed E-state index contributed by atoms with van der Waals surface area (Å²) in [6, 6.07) is 5.55. The predicted molar refractivity (Wildman–Crippen MR) is 132 cm³/mol. The lowest BCUT2D eigenvalue weighted by atomic mass is 10.2. The maximum atomic E-state index is 13.7. The first-order valence-corrected chi connectivity index (χ1v) is 12.5. The van der Waals surface area contributed by atoms with Crippen LogP contribution in [0.5, 0.6) is 0 Å². The van der Waals surface area contributed by atoms with Gasteiger partial charge in [0.05, 0.1) is 19.3 Å². The van der Waals surface area contributed by atoms with Crippen molar-refractivity contribution < 1.29 is 45.7 Å². The maximum Gasteiger partial charge on any atom is 0.490 e. The van der Waals surface area contributed by atoms with Gasteiger partial charge in [0, 0.05) is 70.0 Å². The Morgan fingerprint density at radius 1 is 1.00 bits per heavy atom. The summed E-state index contributed by atoms with van der Waals surface area (Å²) in [4.78, 5) is 26.7. The summed E-state index contributed by atoms with van der Waals surface area (Å²) in [6.45, 7) is 6.81. The number of ether oxygens (including phenoxy) is 2. The average Bonchev–Trinajstić information content (AvgIpc) is 3.18. The molecule has 0 saturated carbocycles. The molecule has 0 spiro atoms. The first-order chi connectivity index (χ1) is 18.9. The number of carboxylic acid groups (broad SMARTS) is 1. The highest BCUT2D eigenvalue weighted by atomic mass is 19.4. The third kappa shape index (κ3) is 9.08. The number of alkyl halides is 6. The van der Waals surface area contributed by atoms with Crippen molar-refractivity contribution in [2.45, 2.75) is 31.8 Å². The van der Waals surface area contributed by atoms with Crippen molar-refractivity contribution in [3.05, 3.63) is 36.4 Å². The Kier molecular flexibility index (Phi) is 10.7. The van der Waals surface area contributed by atoms with Crippen molar-refractivity contribution in [3.63, 3.8) is 0 Å². The van der Waals surface area contributed by atoms with Crippen LogP contribution in [-0.2, 0) is 20.4 Å². The number of aromatic nitrogens is 3. The summed E-state index contributed by atoms with van der Waals surface area (Å²) in [6.07, 6.45) is -5.64. The summed E-state index contributed by atoms with van der Waals surface area (Å²) >= 11 is 0. The summed E-state index contributed by atoms with van der Waals surface area (Å²) in [5.41, 5.74) is 1.06. The number of aliphatic carboxylic acids is 1. The van der Waals surface area contributed by atoms with Crippen molar-refractivity contribution in [2.24, 2.45) is 0 Å². The molecule has 4 heterocycles. The van der Waals surface area contributed by atoms with Crippen LogP contribution in [0, 0.1) is 0 Å². The predicted octanol–water partition coefficient (Wildman–Crippen LogP) is 3.48. The van der Waals surface area contributed by atoms with Gasteiger partial charge in [0.2, 0.25) is 5.82 Å². The van der Waals surface area contributed by atoms with Gasteiger partial charge in [-0.15, -0.1) is 0 Å². The smallest absolute Gasteiger partial charge is 0.475 e. The SMILES string of the molecule is CCOCC1CN(c2cc(N3CCCN(c4ccncc4)CC3)nc(C(F)(F)F)n2)CCO1.O=C(O)C(F)(F)F. The number of pyridine rings is 1. The third-order valence-corrected chi connectivity index (χ3v) is 6.01. The van der Waals surface area contributed by atoms with E-state index >= 15 is 0 Å². The molecule has 2 aliphatic heterocycles. The fraction of sp³-hybridized carbons (Fsp3) is 0.583. The second-order valence-electron chi connectivity index (χ2n) is 8.84. The highest BCUT2D eigenvalue weighted by molar-refractivity contribution is 5.73. The lowest BCUT2D eigenvalue weighted by Gasteiger charge is -2.34. The van der Waals surface area contributed by atoms with Gasteiger partial charge in [0.15, 0.2) is 0 Å². The molecule has 2 saturated heterocycles. The molecule has 2 aliphatic rings. The zero-order chi connectivity index (χ0) is 29.3. The van der Waals surface area contributed by atoms with Crippen molar-refractivity contribution >= 4 is 23.3 Å². The Hall–Kier alpha value is -3.40. The Bertz CT molecular complexity index is 1090.